The molecule has 0 atom stereocenters. The Morgan fingerprint density at radius 2 is 1.75 bits per heavy atom. The third-order valence-electron chi connectivity index (χ3n) is 8.25. The average Bonchev–Trinajstić information content (AvgIpc) is 3.51. The van der Waals surface area contributed by atoms with Crippen molar-refractivity contribution in [3.8, 4) is 21.6 Å². The number of hydrogen-bond donors (Lipinski definition) is 1. The molecule has 0 aliphatic carbocycles. The average molecular weight is 751 g/mol. The number of thiophene rings is 1. The highest BCUT2D eigenvalue weighted by Gasteiger charge is 2.34. The molecule has 13 nitrogen and oxygen atoms in total. The van der Waals surface area contributed by atoms with Crippen molar-refractivity contribution in [2.45, 2.75) is 50.3 Å². The quantitative estimate of drug-likeness (QED) is 0.0723. The van der Waals surface area contributed by atoms with Crippen LogP contribution >= 0.6 is 11.3 Å². The zero-order valence-corrected chi connectivity index (χ0v) is 31.5. The van der Waals surface area contributed by atoms with Crippen LogP contribution in [0.5, 0.6) is 0 Å². The number of aromatic nitrogens is 1. The number of ether oxygens (including phenoxy) is 2. The van der Waals surface area contributed by atoms with Gasteiger partial charge in [-0.2, -0.15) is 0 Å². The summed E-state index contributed by atoms with van der Waals surface area (Å²) in [7, 11) is -4.74. The van der Waals surface area contributed by atoms with E-state index < -0.39 is 40.9 Å². The second kappa shape index (κ2) is 15.1. The Morgan fingerprint density at radius 1 is 1.02 bits per heavy atom. The summed E-state index contributed by atoms with van der Waals surface area (Å²) in [5, 5.41) is 15.9. The summed E-state index contributed by atoms with van der Waals surface area (Å²) < 4.78 is 40.7. The zero-order valence-electron chi connectivity index (χ0n) is 28.8. The number of nitrogens with zero attached hydrogens (tertiary/aromatic N) is 3. The Balaban J connectivity index is 1.76. The van der Waals surface area contributed by atoms with Crippen LogP contribution in [0, 0.1) is 10.1 Å². The Bertz CT molecular complexity index is 2110. The molecule has 1 aliphatic rings. The molecule has 1 N–H and O–H groups in total. The lowest BCUT2D eigenvalue weighted by molar-refractivity contribution is -0.384. The number of amides is 1. The lowest BCUT2D eigenvalue weighted by atomic mass is 9.93. The number of nitro benzene ring substituents is 1. The maximum absolute atomic E-state index is 14.3. The SMILES string of the molecule is CCCNC(=O)c1ccc(-c2cc3c(cc2C(=O)OCC[Si](C)(C)C)-c2sccc2CCN3S(=O)(=O)c2ccc([N+](=O)[O-])cc2)c(C(=O)OC)n1. The second-order valence-electron chi connectivity index (χ2n) is 13.1. The fourth-order valence-corrected chi connectivity index (χ4v) is 8.68. The Kier molecular flexibility index (Phi) is 11.1. The minimum Gasteiger partial charge on any atom is -0.464 e. The second-order valence-corrected chi connectivity index (χ2v) is 21.5. The van der Waals surface area contributed by atoms with Crippen LogP contribution in [-0.2, 0) is 25.9 Å². The summed E-state index contributed by atoms with van der Waals surface area (Å²) in [6.45, 7) is 8.91. The maximum atomic E-state index is 14.3. The van der Waals surface area contributed by atoms with E-state index in [0.717, 1.165) is 29.7 Å². The third-order valence-corrected chi connectivity index (χ3v) is 12.8. The van der Waals surface area contributed by atoms with Crippen LogP contribution in [0.2, 0.25) is 25.7 Å². The van der Waals surface area contributed by atoms with E-state index >= 15 is 0 Å². The van der Waals surface area contributed by atoms with E-state index in [9.17, 15) is 32.9 Å². The summed E-state index contributed by atoms with van der Waals surface area (Å²) in [5.74, 6) is -2.06. The molecule has 51 heavy (non-hydrogen) atoms. The van der Waals surface area contributed by atoms with Crippen molar-refractivity contribution < 1.29 is 37.2 Å². The molecule has 0 bridgehead atoms. The van der Waals surface area contributed by atoms with Gasteiger partial charge in [0.1, 0.15) is 5.69 Å². The molecule has 268 valence electrons. The highest BCUT2D eigenvalue weighted by atomic mass is 32.2. The number of benzene rings is 2. The van der Waals surface area contributed by atoms with Crippen LogP contribution in [0.15, 0.2) is 64.9 Å². The minimum absolute atomic E-state index is 0.00808. The van der Waals surface area contributed by atoms with Gasteiger partial charge in [-0.15, -0.1) is 11.3 Å². The predicted octanol–water partition coefficient (Wildman–Crippen LogP) is 6.56. The van der Waals surface area contributed by atoms with Crippen LogP contribution in [0.3, 0.4) is 0 Å². The van der Waals surface area contributed by atoms with Crippen LogP contribution in [0.4, 0.5) is 11.4 Å². The molecule has 0 saturated heterocycles. The van der Waals surface area contributed by atoms with E-state index in [1.165, 1.54) is 46.0 Å². The number of non-ortho nitro benzene ring substituents is 1. The van der Waals surface area contributed by atoms with E-state index in [1.807, 2.05) is 18.4 Å². The standard InChI is InChI=1S/C35H38N4O9S2Si/c1-6-15-36-33(40)29-12-11-25(31(37-29)35(42)47-2)26-21-30-28(20-27(26)34(41)48-17-19-51(3,4)5)32-22(14-18-49-32)13-16-38(30)50(45,46)24-9-7-23(8-10-24)39(43)44/h7-12,14,18,20-21H,6,13,15-17,19H2,1-5H3,(H,36,40). The number of hydrogen-bond acceptors (Lipinski definition) is 11. The topological polar surface area (TPSA) is 175 Å². The number of fused-ring (bicyclic) bond motifs is 3. The van der Waals surface area contributed by atoms with Crippen LogP contribution in [0.1, 0.15) is 50.2 Å². The number of pyridine rings is 1. The van der Waals surface area contributed by atoms with E-state index in [4.69, 9.17) is 9.47 Å². The summed E-state index contributed by atoms with van der Waals surface area (Å²) >= 11 is 1.39. The summed E-state index contributed by atoms with van der Waals surface area (Å²) in [6.07, 6.45) is 1.01. The Hall–Kier alpha value is -4.93. The molecule has 4 aromatic rings. The first kappa shape index (κ1) is 37.3. The van der Waals surface area contributed by atoms with Crippen molar-refractivity contribution in [2.75, 3.05) is 31.1 Å². The molecule has 3 heterocycles. The fraction of sp³-hybridized carbons (Fsp3) is 0.314. The van der Waals surface area contributed by atoms with Gasteiger partial charge in [-0.1, -0.05) is 26.6 Å². The van der Waals surface area contributed by atoms with Crippen molar-refractivity contribution in [1.82, 2.24) is 10.3 Å². The first-order chi connectivity index (χ1) is 24.2. The molecular formula is C35H38N4O9S2Si. The molecule has 0 spiro atoms. The van der Waals surface area contributed by atoms with Gasteiger partial charge < -0.3 is 14.8 Å². The van der Waals surface area contributed by atoms with Gasteiger partial charge in [-0.3, -0.25) is 19.2 Å². The van der Waals surface area contributed by atoms with E-state index in [-0.39, 0.29) is 57.5 Å². The highest BCUT2D eigenvalue weighted by molar-refractivity contribution is 7.92. The number of anilines is 1. The predicted molar refractivity (Wildman–Crippen MR) is 197 cm³/mol. The number of carbonyl (C=O) groups excluding carboxylic acids is 3. The van der Waals surface area contributed by atoms with Crippen molar-refractivity contribution in [3.63, 3.8) is 0 Å². The van der Waals surface area contributed by atoms with E-state index in [0.29, 0.717) is 31.0 Å². The number of carbonyl (C=O) groups is 3. The van der Waals surface area contributed by atoms with Gasteiger partial charge in [-0.05, 0) is 72.3 Å². The first-order valence-corrected chi connectivity index (χ1v) is 22.3. The number of nitrogens with one attached hydrogen (secondary N) is 1. The lowest BCUT2D eigenvalue weighted by Gasteiger charge is -2.26. The van der Waals surface area contributed by atoms with Gasteiger partial charge in [0, 0.05) is 54.9 Å². The number of nitro groups is 1. The molecule has 2 aromatic carbocycles. The van der Waals surface area contributed by atoms with Crippen LogP contribution in [0.25, 0.3) is 21.6 Å². The monoisotopic (exact) mass is 750 g/mol. The summed E-state index contributed by atoms with van der Waals surface area (Å²) in [6, 6.07) is 13.2. The normalized spacial score (nSPS) is 12.7. The number of sulfonamides is 1. The zero-order chi connectivity index (χ0) is 37.1. The van der Waals surface area contributed by atoms with Gasteiger partial charge in [0.25, 0.3) is 21.6 Å². The molecule has 1 amide bonds. The molecule has 0 radical (unpaired) electrons. The molecule has 5 rings (SSSR count). The van der Waals surface area contributed by atoms with Gasteiger partial charge in [-0.25, -0.2) is 23.0 Å². The lowest BCUT2D eigenvalue weighted by Crippen LogP contribution is -2.32. The van der Waals surface area contributed by atoms with Crippen LogP contribution < -0.4 is 9.62 Å². The van der Waals surface area contributed by atoms with Crippen LogP contribution in [-0.4, -0.2) is 71.1 Å². The molecule has 16 heteroatoms. The Labute approximate surface area is 300 Å². The van der Waals surface area contributed by atoms with Crippen molar-refractivity contribution in [2.24, 2.45) is 0 Å². The molecular weight excluding hydrogens is 713 g/mol. The van der Waals surface area contributed by atoms with Gasteiger partial charge in [0.05, 0.1) is 34.8 Å². The summed E-state index contributed by atoms with van der Waals surface area (Å²) in [5.41, 5.74) is 1.29. The minimum atomic E-state index is -4.31. The van der Waals surface area contributed by atoms with Crippen molar-refractivity contribution >= 4 is 58.7 Å². The van der Waals surface area contributed by atoms with Crippen molar-refractivity contribution in [3.05, 3.63) is 92.6 Å². The first-order valence-electron chi connectivity index (χ1n) is 16.2. The van der Waals surface area contributed by atoms with Crippen molar-refractivity contribution in [1.29, 1.82) is 0 Å². The third kappa shape index (κ3) is 8.02. The molecule has 0 fully saturated rings. The molecule has 1 aliphatic heterocycles. The smallest absolute Gasteiger partial charge is 0.357 e. The number of esters is 2. The molecule has 0 saturated carbocycles. The molecule has 2 aromatic heterocycles. The number of rotatable bonds is 12. The molecule has 0 unspecified atom stereocenters. The maximum Gasteiger partial charge on any atom is 0.357 e. The van der Waals surface area contributed by atoms with E-state index in [1.54, 1.807) is 6.07 Å². The summed E-state index contributed by atoms with van der Waals surface area (Å²) in [4.78, 5) is 55.7. The van der Waals surface area contributed by atoms with Gasteiger partial charge >= 0.3 is 11.9 Å². The van der Waals surface area contributed by atoms with E-state index in [2.05, 4.69) is 29.9 Å². The number of methoxy groups -OCH3 is 1. The fourth-order valence-electron chi connectivity index (χ4n) is 5.51. The van der Waals surface area contributed by atoms with Gasteiger partial charge in [0.2, 0.25) is 0 Å². The van der Waals surface area contributed by atoms with Gasteiger partial charge in [0.15, 0.2) is 5.69 Å². The largest absolute Gasteiger partial charge is 0.464 e. The highest BCUT2D eigenvalue weighted by Crippen LogP contribution is 2.45. The Morgan fingerprint density at radius 3 is 2.39 bits per heavy atom.